The van der Waals surface area contributed by atoms with Crippen LogP contribution < -0.4 is 5.32 Å². The normalized spacial score (nSPS) is 22.9. The number of nitrogens with zero attached hydrogens (tertiary/aromatic N) is 1. The van der Waals surface area contributed by atoms with E-state index in [4.69, 9.17) is 5.11 Å². The van der Waals surface area contributed by atoms with E-state index in [1.54, 1.807) is 0 Å². The van der Waals surface area contributed by atoms with Crippen LogP contribution in [0.15, 0.2) is 5.38 Å². The van der Waals surface area contributed by atoms with Gasteiger partial charge in [0.1, 0.15) is 0 Å². The maximum Gasteiger partial charge on any atom is 0.308 e. The van der Waals surface area contributed by atoms with Crippen molar-refractivity contribution in [2.24, 2.45) is 5.92 Å². The van der Waals surface area contributed by atoms with Crippen molar-refractivity contribution < 1.29 is 14.7 Å². The van der Waals surface area contributed by atoms with Gasteiger partial charge in [0.25, 0.3) is 0 Å². The Bertz CT molecular complexity index is 458. The molecule has 1 aromatic rings. The van der Waals surface area contributed by atoms with Crippen LogP contribution >= 0.6 is 11.3 Å². The third-order valence-electron chi connectivity index (χ3n) is 3.19. The molecule has 1 amide bonds. The van der Waals surface area contributed by atoms with E-state index in [0.717, 1.165) is 23.5 Å². The molecule has 0 aromatic carbocycles. The Balaban J connectivity index is 1.89. The molecule has 0 bridgehead atoms. The Hall–Kier alpha value is -1.43. The Labute approximate surface area is 109 Å². The van der Waals surface area contributed by atoms with Crippen molar-refractivity contribution in [3.8, 4) is 0 Å². The third kappa shape index (κ3) is 3.07. The number of carboxylic acids is 1. The predicted molar refractivity (Wildman–Crippen MR) is 67.5 cm³/mol. The van der Waals surface area contributed by atoms with Crippen LogP contribution in [0.4, 0.5) is 0 Å². The van der Waals surface area contributed by atoms with Gasteiger partial charge in [-0.05, 0) is 19.8 Å². The molecule has 0 saturated heterocycles. The first-order valence-electron chi connectivity index (χ1n) is 5.99. The molecule has 98 valence electrons. The Morgan fingerprint density at radius 1 is 1.56 bits per heavy atom. The van der Waals surface area contributed by atoms with Gasteiger partial charge in [0.05, 0.1) is 23.0 Å². The Morgan fingerprint density at radius 2 is 2.33 bits per heavy atom. The number of amides is 1. The second kappa shape index (κ2) is 5.48. The number of aliphatic carboxylic acids is 1. The Kier molecular flexibility index (Phi) is 3.96. The molecule has 0 spiro atoms. The van der Waals surface area contributed by atoms with Gasteiger partial charge in [-0.15, -0.1) is 11.3 Å². The van der Waals surface area contributed by atoms with Gasteiger partial charge >= 0.3 is 5.97 Å². The Morgan fingerprint density at radius 3 is 2.94 bits per heavy atom. The molecule has 5 nitrogen and oxygen atoms in total. The quantitative estimate of drug-likeness (QED) is 0.864. The maximum atomic E-state index is 11.8. The summed E-state index contributed by atoms with van der Waals surface area (Å²) < 4.78 is 0. The number of hydrogen-bond donors (Lipinski definition) is 2. The fraction of sp³-hybridized carbons (Fsp3) is 0.583. The number of hydrogen-bond acceptors (Lipinski definition) is 4. The average Bonchev–Trinajstić information content (AvgIpc) is 2.87. The lowest BCUT2D eigenvalue weighted by atomic mass is 10.0. The fourth-order valence-electron chi connectivity index (χ4n) is 2.34. The number of aromatic nitrogens is 1. The number of carbonyl (C=O) groups excluding carboxylic acids is 1. The highest BCUT2D eigenvalue weighted by Crippen LogP contribution is 2.25. The van der Waals surface area contributed by atoms with Gasteiger partial charge in [0, 0.05) is 11.4 Å². The summed E-state index contributed by atoms with van der Waals surface area (Å²) in [7, 11) is 0. The van der Waals surface area contributed by atoms with Crippen LogP contribution in [0, 0.1) is 12.8 Å². The molecule has 1 heterocycles. The molecule has 2 atom stereocenters. The van der Waals surface area contributed by atoms with Gasteiger partial charge < -0.3 is 10.4 Å². The molecular weight excluding hydrogens is 252 g/mol. The second-order valence-electron chi connectivity index (χ2n) is 4.58. The lowest BCUT2D eigenvalue weighted by Crippen LogP contribution is -2.40. The molecule has 2 rings (SSSR count). The van der Waals surface area contributed by atoms with Crippen LogP contribution in [0.2, 0.25) is 0 Å². The summed E-state index contributed by atoms with van der Waals surface area (Å²) in [5.74, 6) is -1.40. The van der Waals surface area contributed by atoms with Crippen molar-refractivity contribution in [1.29, 1.82) is 0 Å². The molecule has 2 N–H and O–H groups in total. The van der Waals surface area contributed by atoms with Crippen molar-refractivity contribution in [1.82, 2.24) is 10.3 Å². The average molecular weight is 268 g/mol. The summed E-state index contributed by atoms with van der Waals surface area (Å²) in [5, 5.41) is 14.6. The van der Waals surface area contributed by atoms with E-state index in [9.17, 15) is 9.59 Å². The highest BCUT2D eigenvalue weighted by atomic mass is 32.1. The standard InChI is InChI=1S/C12H16N2O3S/c1-7-13-8(6-18-7)5-11(15)14-10-4-2-3-9(10)12(16)17/h6,9-10H,2-5H2,1H3,(H,14,15)(H,16,17). The maximum absolute atomic E-state index is 11.8. The minimum atomic E-state index is -0.817. The van der Waals surface area contributed by atoms with E-state index < -0.39 is 11.9 Å². The topological polar surface area (TPSA) is 79.3 Å². The van der Waals surface area contributed by atoms with Gasteiger partial charge in [-0.3, -0.25) is 9.59 Å². The van der Waals surface area contributed by atoms with Crippen LogP contribution in [0.5, 0.6) is 0 Å². The SMILES string of the molecule is Cc1nc(CC(=O)NC2CCCC2C(=O)O)cs1. The molecule has 6 heteroatoms. The molecule has 1 aliphatic carbocycles. The molecular formula is C12H16N2O3S. The van der Waals surface area contributed by atoms with E-state index in [1.807, 2.05) is 12.3 Å². The minimum Gasteiger partial charge on any atom is -0.481 e. The van der Waals surface area contributed by atoms with Crippen molar-refractivity contribution in [2.75, 3.05) is 0 Å². The van der Waals surface area contributed by atoms with E-state index >= 15 is 0 Å². The van der Waals surface area contributed by atoms with Crippen LogP contribution in [-0.4, -0.2) is 28.0 Å². The van der Waals surface area contributed by atoms with Gasteiger partial charge in [-0.2, -0.15) is 0 Å². The van der Waals surface area contributed by atoms with Crippen molar-refractivity contribution >= 4 is 23.2 Å². The lowest BCUT2D eigenvalue weighted by molar-refractivity contribution is -0.142. The van der Waals surface area contributed by atoms with Crippen LogP contribution in [-0.2, 0) is 16.0 Å². The summed E-state index contributed by atoms with van der Waals surface area (Å²) in [6, 6.07) is -0.227. The highest BCUT2D eigenvalue weighted by molar-refractivity contribution is 7.09. The lowest BCUT2D eigenvalue weighted by Gasteiger charge is -2.17. The summed E-state index contributed by atoms with van der Waals surface area (Å²) in [4.78, 5) is 27.0. The summed E-state index contributed by atoms with van der Waals surface area (Å²) >= 11 is 1.51. The van der Waals surface area contributed by atoms with Crippen LogP contribution in [0.25, 0.3) is 0 Å². The van der Waals surface area contributed by atoms with E-state index in [1.165, 1.54) is 11.3 Å². The molecule has 1 aromatic heterocycles. The van der Waals surface area contributed by atoms with E-state index in [0.29, 0.717) is 6.42 Å². The smallest absolute Gasteiger partial charge is 0.308 e. The number of aryl methyl sites for hydroxylation is 1. The van der Waals surface area contributed by atoms with Gasteiger partial charge in [-0.25, -0.2) is 4.98 Å². The first-order valence-corrected chi connectivity index (χ1v) is 6.87. The van der Waals surface area contributed by atoms with Gasteiger partial charge in [0.2, 0.25) is 5.91 Å². The predicted octanol–water partition coefficient (Wildman–Crippen LogP) is 1.36. The summed E-state index contributed by atoms with van der Waals surface area (Å²) in [6.45, 7) is 1.89. The minimum absolute atomic E-state index is 0.140. The first kappa shape index (κ1) is 13.0. The third-order valence-corrected chi connectivity index (χ3v) is 4.01. The first-order chi connectivity index (χ1) is 8.56. The van der Waals surface area contributed by atoms with E-state index in [2.05, 4.69) is 10.3 Å². The number of carboxylic acid groups (broad SMARTS) is 1. The number of nitrogens with one attached hydrogen (secondary N) is 1. The highest BCUT2D eigenvalue weighted by Gasteiger charge is 2.33. The van der Waals surface area contributed by atoms with Crippen molar-refractivity contribution in [3.63, 3.8) is 0 Å². The molecule has 1 aliphatic rings. The summed E-state index contributed by atoms with van der Waals surface area (Å²) in [6.07, 6.45) is 2.49. The van der Waals surface area contributed by atoms with Crippen LogP contribution in [0.1, 0.15) is 30.0 Å². The number of thiazole rings is 1. The number of rotatable bonds is 4. The van der Waals surface area contributed by atoms with Crippen LogP contribution in [0.3, 0.4) is 0 Å². The molecule has 18 heavy (non-hydrogen) atoms. The van der Waals surface area contributed by atoms with Gasteiger partial charge in [0.15, 0.2) is 0 Å². The molecule has 0 aliphatic heterocycles. The van der Waals surface area contributed by atoms with Crippen molar-refractivity contribution in [2.45, 2.75) is 38.6 Å². The largest absolute Gasteiger partial charge is 0.481 e. The molecule has 2 unspecified atom stereocenters. The second-order valence-corrected chi connectivity index (χ2v) is 5.65. The number of carbonyl (C=O) groups is 2. The molecule has 1 fully saturated rings. The molecule has 0 radical (unpaired) electrons. The zero-order chi connectivity index (χ0) is 13.1. The zero-order valence-corrected chi connectivity index (χ0v) is 11.0. The monoisotopic (exact) mass is 268 g/mol. The summed E-state index contributed by atoms with van der Waals surface area (Å²) in [5.41, 5.74) is 0.750. The molecule has 1 saturated carbocycles. The zero-order valence-electron chi connectivity index (χ0n) is 10.2. The van der Waals surface area contributed by atoms with E-state index in [-0.39, 0.29) is 18.4 Å². The fourth-order valence-corrected chi connectivity index (χ4v) is 2.95. The van der Waals surface area contributed by atoms with Gasteiger partial charge in [-0.1, -0.05) is 6.42 Å². The van der Waals surface area contributed by atoms with Crippen molar-refractivity contribution in [3.05, 3.63) is 16.1 Å².